The predicted molar refractivity (Wildman–Crippen MR) is 93.8 cm³/mol. The number of benzene rings is 1. The Hall–Kier alpha value is -2.12. The highest BCUT2D eigenvalue weighted by Crippen LogP contribution is 2.26. The minimum Gasteiger partial charge on any atom is -0.464 e. The van der Waals surface area contributed by atoms with Crippen molar-refractivity contribution in [1.29, 1.82) is 0 Å². The van der Waals surface area contributed by atoms with Crippen LogP contribution in [0.2, 0.25) is 0 Å². The van der Waals surface area contributed by atoms with Crippen molar-refractivity contribution in [2.75, 3.05) is 20.2 Å². The van der Waals surface area contributed by atoms with Crippen LogP contribution >= 0.6 is 0 Å². The van der Waals surface area contributed by atoms with E-state index in [4.69, 9.17) is 0 Å². The van der Waals surface area contributed by atoms with Crippen molar-refractivity contribution in [1.82, 2.24) is 9.29 Å². The van der Waals surface area contributed by atoms with Gasteiger partial charge < -0.3 is 9.72 Å². The number of hydrogen-bond acceptors (Lipinski definition) is 4. The van der Waals surface area contributed by atoms with E-state index in [1.165, 1.54) is 29.2 Å². The molecule has 1 aromatic carbocycles. The van der Waals surface area contributed by atoms with Crippen molar-refractivity contribution in [3.63, 3.8) is 0 Å². The van der Waals surface area contributed by atoms with Gasteiger partial charge in [0.1, 0.15) is 10.6 Å². The summed E-state index contributed by atoms with van der Waals surface area (Å²) in [6, 6.07) is 11.6. The van der Waals surface area contributed by atoms with E-state index in [1.807, 2.05) is 18.2 Å². The zero-order valence-electron chi connectivity index (χ0n) is 14.1. The first-order chi connectivity index (χ1) is 12.0. The summed E-state index contributed by atoms with van der Waals surface area (Å²) in [7, 11) is -2.33. The van der Waals surface area contributed by atoms with Crippen LogP contribution in [0.1, 0.15) is 28.9 Å². The zero-order valence-corrected chi connectivity index (χ0v) is 15.0. The monoisotopic (exact) mass is 362 g/mol. The predicted octanol–water partition coefficient (Wildman–Crippen LogP) is 2.44. The van der Waals surface area contributed by atoms with Crippen molar-refractivity contribution in [2.24, 2.45) is 5.92 Å². The van der Waals surface area contributed by atoms with Gasteiger partial charge in [0.2, 0.25) is 10.0 Å². The van der Waals surface area contributed by atoms with E-state index >= 15 is 0 Å². The summed E-state index contributed by atoms with van der Waals surface area (Å²) in [4.78, 5) is 14.3. The smallest absolute Gasteiger partial charge is 0.354 e. The quantitative estimate of drug-likeness (QED) is 0.829. The van der Waals surface area contributed by atoms with Crippen molar-refractivity contribution >= 4 is 16.0 Å². The molecule has 0 unspecified atom stereocenters. The first-order valence-electron chi connectivity index (χ1n) is 8.31. The first kappa shape index (κ1) is 17.7. The molecule has 134 valence electrons. The number of ether oxygens (including phenoxy) is 1. The van der Waals surface area contributed by atoms with Crippen LogP contribution in [0.15, 0.2) is 47.5 Å². The van der Waals surface area contributed by atoms with Crippen LogP contribution in [0.3, 0.4) is 0 Å². The molecule has 1 aliphatic rings. The topological polar surface area (TPSA) is 79.5 Å². The molecule has 1 aliphatic heterocycles. The van der Waals surface area contributed by atoms with Gasteiger partial charge in [-0.3, -0.25) is 0 Å². The lowest BCUT2D eigenvalue weighted by Crippen LogP contribution is -2.38. The molecule has 0 aliphatic carbocycles. The second-order valence-corrected chi connectivity index (χ2v) is 8.22. The van der Waals surface area contributed by atoms with Gasteiger partial charge in [-0.1, -0.05) is 30.3 Å². The molecule has 6 nitrogen and oxygen atoms in total. The molecule has 1 aromatic heterocycles. The molecule has 0 bridgehead atoms. The van der Waals surface area contributed by atoms with Crippen molar-refractivity contribution in [3.8, 4) is 0 Å². The number of carbonyl (C=O) groups excluding carboxylic acids is 1. The Morgan fingerprint density at radius 1 is 1.24 bits per heavy atom. The number of aromatic nitrogens is 1. The van der Waals surface area contributed by atoms with E-state index in [9.17, 15) is 13.2 Å². The summed E-state index contributed by atoms with van der Waals surface area (Å²) < 4.78 is 31.6. The van der Waals surface area contributed by atoms with E-state index in [-0.39, 0.29) is 10.6 Å². The fourth-order valence-electron chi connectivity index (χ4n) is 3.20. The van der Waals surface area contributed by atoms with Gasteiger partial charge in [-0.2, -0.15) is 4.31 Å². The van der Waals surface area contributed by atoms with Crippen LogP contribution < -0.4 is 0 Å². The Morgan fingerprint density at radius 2 is 1.92 bits per heavy atom. The first-order valence-corrected chi connectivity index (χ1v) is 9.75. The number of esters is 1. The second kappa shape index (κ2) is 7.41. The second-order valence-electron chi connectivity index (χ2n) is 6.28. The maximum absolute atomic E-state index is 12.7. The Labute approximate surface area is 147 Å². The van der Waals surface area contributed by atoms with Gasteiger partial charge in [0.25, 0.3) is 0 Å². The summed E-state index contributed by atoms with van der Waals surface area (Å²) in [6.45, 7) is 0.997. The maximum atomic E-state index is 12.7. The van der Waals surface area contributed by atoms with Crippen LogP contribution in [-0.4, -0.2) is 43.9 Å². The average Bonchev–Trinajstić information content (AvgIpc) is 3.13. The molecule has 1 N–H and O–H groups in total. The molecule has 0 radical (unpaired) electrons. The Bertz CT molecular complexity index is 822. The number of rotatable bonds is 5. The molecule has 1 saturated heterocycles. The van der Waals surface area contributed by atoms with Crippen LogP contribution in [0, 0.1) is 5.92 Å². The number of piperidine rings is 1. The van der Waals surface area contributed by atoms with Crippen molar-refractivity contribution in [2.45, 2.75) is 24.2 Å². The van der Waals surface area contributed by atoms with E-state index in [0.717, 1.165) is 19.3 Å². The molecule has 2 heterocycles. The molecule has 1 fully saturated rings. The summed E-state index contributed by atoms with van der Waals surface area (Å²) in [6.07, 6.45) is 3.99. The van der Waals surface area contributed by atoms with E-state index in [2.05, 4.69) is 21.9 Å². The van der Waals surface area contributed by atoms with Gasteiger partial charge in [0, 0.05) is 19.3 Å². The number of nitrogens with one attached hydrogen (secondary N) is 1. The highest BCUT2D eigenvalue weighted by molar-refractivity contribution is 7.89. The molecule has 25 heavy (non-hydrogen) atoms. The Morgan fingerprint density at radius 3 is 2.56 bits per heavy atom. The molecule has 0 saturated carbocycles. The molecule has 3 rings (SSSR count). The van der Waals surface area contributed by atoms with Gasteiger partial charge in [-0.05, 0) is 36.8 Å². The number of aromatic amines is 1. The summed E-state index contributed by atoms with van der Waals surface area (Å²) in [5.74, 6) is -0.0891. The maximum Gasteiger partial charge on any atom is 0.354 e. The molecule has 7 heteroatoms. The lowest BCUT2D eigenvalue weighted by molar-refractivity contribution is 0.0594. The van der Waals surface area contributed by atoms with Gasteiger partial charge in [-0.25, -0.2) is 13.2 Å². The molecule has 0 spiro atoms. The van der Waals surface area contributed by atoms with E-state index in [1.54, 1.807) is 0 Å². The third kappa shape index (κ3) is 3.93. The highest BCUT2D eigenvalue weighted by atomic mass is 32.2. The van der Waals surface area contributed by atoms with Crippen LogP contribution in [0.5, 0.6) is 0 Å². The third-order valence-electron chi connectivity index (χ3n) is 4.64. The van der Waals surface area contributed by atoms with Crippen LogP contribution in [0.4, 0.5) is 0 Å². The largest absolute Gasteiger partial charge is 0.464 e. The van der Waals surface area contributed by atoms with Crippen molar-refractivity contribution < 1.29 is 17.9 Å². The van der Waals surface area contributed by atoms with E-state index in [0.29, 0.717) is 19.0 Å². The number of methoxy groups -OCH3 is 1. The molecule has 2 aromatic rings. The summed E-state index contributed by atoms with van der Waals surface area (Å²) in [5.41, 5.74) is 1.43. The highest BCUT2D eigenvalue weighted by Gasteiger charge is 2.30. The van der Waals surface area contributed by atoms with Gasteiger partial charge in [0.15, 0.2) is 0 Å². The lowest BCUT2D eigenvalue weighted by atomic mass is 9.91. The Balaban J connectivity index is 1.63. The number of carbonyl (C=O) groups is 1. The minimum atomic E-state index is -3.58. The molecular weight excluding hydrogens is 340 g/mol. The van der Waals surface area contributed by atoms with E-state index < -0.39 is 16.0 Å². The minimum absolute atomic E-state index is 0.106. The van der Waals surface area contributed by atoms with Gasteiger partial charge in [0.05, 0.1) is 7.11 Å². The van der Waals surface area contributed by atoms with Crippen LogP contribution in [-0.2, 0) is 21.2 Å². The molecular formula is C18H22N2O4S. The summed E-state index contributed by atoms with van der Waals surface area (Å²) >= 11 is 0. The standard InChI is InChI=1S/C18H22N2O4S/c1-24-18(21)17-12-16(13-19-17)25(22,23)20-9-7-15(8-10-20)11-14-5-3-2-4-6-14/h2-6,12-13,15,19H,7-11H2,1H3. The number of sulfonamides is 1. The number of H-pyrrole nitrogens is 1. The fraction of sp³-hybridized carbons (Fsp3) is 0.389. The average molecular weight is 362 g/mol. The van der Waals surface area contributed by atoms with Gasteiger partial charge in [-0.15, -0.1) is 0 Å². The van der Waals surface area contributed by atoms with Gasteiger partial charge >= 0.3 is 5.97 Å². The normalized spacial score (nSPS) is 16.7. The number of hydrogen-bond donors (Lipinski definition) is 1. The third-order valence-corrected chi connectivity index (χ3v) is 6.52. The Kier molecular flexibility index (Phi) is 5.24. The zero-order chi connectivity index (χ0) is 17.9. The van der Waals surface area contributed by atoms with Crippen molar-refractivity contribution in [3.05, 3.63) is 53.9 Å². The SMILES string of the molecule is COC(=O)c1cc(S(=O)(=O)N2CCC(Cc3ccccc3)CC2)c[nH]1. The summed E-state index contributed by atoms with van der Waals surface area (Å²) in [5, 5.41) is 0. The fourth-order valence-corrected chi connectivity index (χ4v) is 4.67. The lowest BCUT2D eigenvalue weighted by Gasteiger charge is -2.31. The van der Waals surface area contributed by atoms with Crippen LogP contribution in [0.25, 0.3) is 0 Å². The molecule has 0 atom stereocenters. The molecule has 0 amide bonds. The number of nitrogens with zero attached hydrogens (tertiary/aromatic N) is 1.